The number of halogens is 1. The second kappa shape index (κ2) is 6.67. The van der Waals surface area contributed by atoms with Gasteiger partial charge in [0, 0.05) is 11.8 Å². The Kier molecular flexibility index (Phi) is 4.92. The van der Waals surface area contributed by atoms with Gasteiger partial charge < -0.3 is 15.5 Å². The first-order chi connectivity index (χ1) is 9.54. The Morgan fingerprint density at radius 2 is 2.25 bits per heavy atom. The van der Waals surface area contributed by atoms with Crippen LogP contribution in [-0.2, 0) is 0 Å². The molecule has 0 amide bonds. The van der Waals surface area contributed by atoms with Crippen molar-refractivity contribution in [1.82, 2.24) is 9.97 Å². The SMILES string of the molecule is Cc1ccc(Cl)c(OCCSc2nc(N)cc(=O)[nH]2)c1. The summed E-state index contributed by atoms with van der Waals surface area (Å²) < 4.78 is 5.60. The van der Waals surface area contributed by atoms with Crippen LogP contribution in [0.1, 0.15) is 5.56 Å². The fraction of sp³-hybridized carbons (Fsp3) is 0.231. The molecule has 0 radical (unpaired) electrons. The van der Waals surface area contributed by atoms with Crippen molar-refractivity contribution in [2.24, 2.45) is 0 Å². The molecule has 1 aromatic carbocycles. The molecule has 0 aliphatic rings. The van der Waals surface area contributed by atoms with Crippen LogP contribution in [0.4, 0.5) is 5.82 Å². The molecule has 0 saturated heterocycles. The summed E-state index contributed by atoms with van der Waals surface area (Å²) in [5, 5.41) is 1.06. The molecule has 20 heavy (non-hydrogen) atoms. The van der Waals surface area contributed by atoms with Crippen LogP contribution in [0, 0.1) is 6.92 Å². The monoisotopic (exact) mass is 311 g/mol. The van der Waals surface area contributed by atoms with E-state index in [-0.39, 0.29) is 11.4 Å². The fourth-order valence-electron chi connectivity index (χ4n) is 1.53. The Balaban J connectivity index is 1.87. The molecule has 0 atom stereocenters. The number of benzene rings is 1. The normalized spacial score (nSPS) is 10.5. The molecule has 0 aliphatic carbocycles. The highest BCUT2D eigenvalue weighted by Gasteiger charge is 2.03. The average molecular weight is 312 g/mol. The molecule has 0 aliphatic heterocycles. The van der Waals surface area contributed by atoms with E-state index in [9.17, 15) is 4.79 Å². The predicted octanol–water partition coefficient (Wildman–Crippen LogP) is 2.49. The highest BCUT2D eigenvalue weighted by Crippen LogP contribution is 2.25. The molecular formula is C13H14ClN3O2S. The number of H-pyrrole nitrogens is 1. The number of thioether (sulfide) groups is 1. The van der Waals surface area contributed by atoms with Gasteiger partial charge in [-0.1, -0.05) is 29.4 Å². The zero-order valence-electron chi connectivity index (χ0n) is 10.9. The minimum Gasteiger partial charge on any atom is -0.491 e. The summed E-state index contributed by atoms with van der Waals surface area (Å²) in [5.74, 6) is 1.48. The largest absolute Gasteiger partial charge is 0.491 e. The van der Waals surface area contributed by atoms with E-state index >= 15 is 0 Å². The lowest BCUT2D eigenvalue weighted by Crippen LogP contribution is -2.10. The quantitative estimate of drug-likeness (QED) is 0.504. The number of aromatic nitrogens is 2. The number of nitrogens with two attached hydrogens (primary N) is 1. The molecule has 2 rings (SSSR count). The van der Waals surface area contributed by atoms with Crippen molar-refractivity contribution in [1.29, 1.82) is 0 Å². The van der Waals surface area contributed by atoms with E-state index in [0.717, 1.165) is 5.56 Å². The van der Waals surface area contributed by atoms with Crippen molar-refractivity contribution < 1.29 is 4.74 Å². The number of nitrogens with one attached hydrogen (secondary N) is 1. The summed E-state index contributed by atoms with van der Waals surface area (Å²) in [5.41, 5.74) is 6.32. The van der Waals surface area contributed by atoms with Crippen LogP contribution in [0.25, 0.3) is 0 Å². The molecule has 0 saturated carbocycles. The Labute approximate surface area is 125 Å². The van der Waals surface area contributed by atoms with Crippen LogP contribution < -0.4 is 16.0 Å². The summed E-state index contributed by atoms with van der Waals surface area (Å²) in [6.07, 6.45) is 0. The van der Waals surface area contributed by atoms with Crippen molar-refractivity contribution >= 4 is 29.2 Å². The summed E-state index contributed by atoms with van der Waals surface area (Å²) in [6, 6.07) is 6.85. The fourth-order valence-corrected chi connectivity index (χ4v) is 2.41. The molecular weight excluding hydrogens is 298 g/mol. The second-order valence-corrected chi connectivity index (χ2v) is 5.60. The Morgan fingerprint density at radius 3 is 3.00 bits per heavy atom. The van der Waals surface area contributed by atoms with Gasteiger partial charge in [-0.25, -0.2) is 4.98 Å². The third-order valence-corrected chi connectivity index (χ3v) is 3.56. The van der Waals surface area contributed by atoms with Crippen LogP contribution in [0.15, 0.2) is 34.2 Å². The Bertz CT molecular complexity index is 660. The van der Waals surface area contributed by atoms with Crippen LogP contribution >= 0.6 is 23.4 Å². The Hall–Kier alpha value is -1.66. The van der Waals surface area contributed by atoms with Gasteiger partial charge in [-0.3, -0.25) is 4.79 Å². The van der Waals surface area contributed by atoms with Gasteiger partial charge in [-0.05, 0) is 24.6 Å². The molecule has 0 spiro atoms. The highest BCUT2D eigenvalue weighted by molar-refractivity contribution is 7.99. The zero-order valence-corrected chi connectivity index (χ0v) is 12.4. The van der Waals surface area contributed by atoms with Gasteiger partial charge in [-0.2, -0.15) is 0 Å². The summed E-state index contributed by atoms with van der Waals surface area (Å²) in [7, 11) is 0. The van der Waals surface area contributed by atoms with E-state index in [1.807, 2.05) is 19.1 Å². The number of aromatic amines is 1. The first kappa shape index (κ1) is 14.7. The van der Waals surface area contributed by atoms with Crippen LogP contribution in [0.3, 0.4) is 0 Å². The maximum absolute atomic E-state index is 11.2. The standard InChI is InChI=1S/C13H14ClN3O2S/c1-8-2-3-9(14)10(6-8)19-4-5-20-13-16-11(15)7-12(18)17-13/h2-3,6-7H,4-5H2,1H3,(H3,15,16,17,18). The zero-order chi connectivity index (χ0) is 14.5. The lowest BCUT2D eigenvalue weighted by molar-refractivity contribution is 0.344. The molecule has 0 unspecified atom stereocenters. The van der Waals surface area contributed by atoms with Crippen LogP contribution in [-0.4, -0.2) is 22.3 Å². The number of rotatable bonds is 5. The van der Waals surface area contributed by atoms with Crippen molar-refractivity contribution in [2.75, 3.05) is 18.1 Å². The lowest BCUT2D eigenvalue weighted by Gasteiger charge is -2.08. The molecule has 3 N–H and O–H groups in total. The molecule has 5 nitrogen and oxygen atoms in total. The average Bonchev–Trinajstić information content (AvgIpc) is 2.37. The van der Waals surface area contributed by atoms with Gasteiger partial charge in [0.2, 0.25) is 0 Å². The van der Waals surface area contributed by atoms with Crippen molar-refractivity contribution in [3.63, 3.8) is 0 Å². The number of anilines is 1. The highest BCUT2D eigenvalue weighted by atomic mass is 35.5. The molecule has 0 bridgehead atoms. The third kappa shape index (κ3) is 4.18. The summed E-state index contributed by atoms with van der Waals surface area (Å²) in [4.78, 5) is 17.8. The first-order valence-corrected chi connectivity index (χ1v) is 7.29. The lowest BCUT2D eigenvalue weighted by atomic mass is 10.2. The van der Waals surface area contributed by atoms with E-state index in [1.54, 1.807) is 6.07 Å². The van der Waals surface area contributed by atoms with E-state index in [2.05, 4.69) is 9.97 Å². The molecule has 0 fully saturated rings. The summed E-state index contributed by atoms with van der Waals surface area (Å²) >= 11 is 7.39. The maximum atomic E-state index is 11.2. The van der Waals surface area contributed by atoms with Crippen LogP contribution in [0.2, 0.25) is 5.02 Å². The molecule has 106 valence electrons. The summed E-state index contributed by atoms with van der Waals surface area (Å²) in [6.45, 7) is 2.42. The topological polar surface area (TPSA) is 81.0 Å². The minimum absolute atomic E-state index is 0.207. The second-order valence-electron chi connectivity index (χ2n) is 4.11. The minimum atomic E-state index is -0.261. The van der Waals surface area contributed by atoms with Gasteiger partial charge in [0.15, 0.2) is 5.16 Å². The number of ether oxygens (including phenoxy) is 1. The third-order valence-electron chi connectivity index (χ3n) is 2.41. The van der Waals surface area contributed by atoms with Gasteiger partial charge in [0.05, 0.1) is 11.6 Å². The first-order valence-electron chi connectivity index (χ1n) is 5.93. The van der Waals surface area contributed by atoms with E-state index in [1.165, 1.54) is 17.8 Å². The van der Waals surface area contributed by atoms with E-state index < -0.39 is 0 Å². The number of nitrogen functional groups attached to an aromatic ring is 1. The van der Waals surface area contributed by atoms with E-state index in [0.29, 0.717) is 28.3 Å². The molecule has 1 aromatic heterocycles. The van der Waals surface area contributed by atoms with Gasteiger partial charge >= 0.3 is 0 Å². The number of nitrogens with zero attached hydrogens (tertiary/aromatic N) is 1. The van der Waals surface area contributed by atoms with Crippen molar-refractivity contribution in [3.8, 4) is 5.75 Å². The van der Waals surface area contributed by atoms with Crippen molar-refractivity contribution in [3.05, 3.63) is 45.2 Å². The van der Waals surface area contributed by atoms with Gasteiger partial charge in [0.25, 0.3) is 5.56 Å². The maximum Gasteiger partial charge on any atom is 0.253 e. The molecule has 2 aromatic rings. The number of hydrogen-bond donors (Lipinski definition) is 2. The number of aryl methyl sites for hydroxylation is 1. The van der Waals surface area contributed by atoms with Gasteiger partial charge in [-0.15, -0.1) is 0 Å². The van der Waals surface area contributed by atoms with Crippen LogP contribution in [0.5, 0.6) is 5.75 Å². The van der Waals surface area contributed by atoms with Crippen molar-refractivity contribution in [2.45, 2.75) is 12.1 Å². The smallest absolute Gasteiger partial charge is 0.253 e. The number of hydrogen-bond acceptors (Lipinski definition) is 5. The van der Waals surface area contributed by atoms with Gasteiger partial charge in [0.1, 0.15) is 11.6 Å². The molecule has 7 heteroatoms. The Morgan fingerprint density at radius 1 is 1.45 bits per heavy atom. The van der Waals surface area contributed by atoms with E-state index in [4.69, 9.17) is 22.1 Å². The predicted molar refractivity (Wildman–Crippen MR) is 81.7 cm³/mol. The molecule has 1 heterocycles.